The van der Waals surface area contributed by atoms with Gasteiger partial charge in [-0.2, -0.15) is 0 Å². The van der Waals surface area contributed by atoms with E-state index in [1.807, 2.05) is 34.6 Å². The Bertz CT molecular complexity index is 1350. The van der Waals surface area contributed by atoms with Crippen molar-refractivity contribution in [3.05, 3.63) is 71.4 Å². The Morgan fingerprint density at radius 1 is 1.15 bits per heavy atom. The number of anilines is 1. The second-order valence-electron chi connectivity index (χ2n) is 6.93. The lowest BCUT2D eigenvalue weighted by Gasteiger charge is -2.05. The normalized spacial score (nSPS) is 10.7. The third-order valence-electron chi connectivity index (χ3n) is 4.64. The number of fused-ring (bicyclic) bond motifs is 1. The van der Waals surface area contributed by atoms with Gasteiger partial charge in [-0.1, -0.05) is 25.1 Å². The second-order valence-corrected chi connectivity index (χ2v) is 8.89. The van der Waals surface area contributed by atoms with Gasteiger partial charge in [0.15, 0.2) is 9.84 Å². The molecule has 3 heterocycles. The summed E-state index contributed by atoms with van der Waals surface area (Å²) in [6.07, 6.45) is 2.48. The number of rotatable bonds is 4. The van der Waals surface area contributed by atoms with Crippen molar-refractivity contribution in [2.24, 2.45) is 0 Å². The van der Waals surface area contributed by atoms with Crippen LogP contribution in [0.1, 0.15) is 30.9 Å². The van der Waals surface area contributed by atoms with Crippen molar-refractivity contribution in [1.29, 1.82) is 0 Å². The number of sulfone groups is 1. The molecule has 0 aliphatic carbocycles. The summed E-state index contributed by atoms with van der Waals surface area (Å²) in [4.78, 5) is 17.9. The highest BCUT2D eigenvalue weighted by molar-refractivity contribution is 7.92. The maximum atomic E-state index is 13.9. The van der Waals surface area contributed by atoms with Crippen molar-refractivity contribution < 1.29 is 26.5 Å². The summed E-state index contributed by atoms with van der Waals surface area (Å²) in [6, 6.07) is 6.33. The lowest BCUT2D eigenvalue weighted by molar-refractivity contribution is -0.113. The summed E-state index contributed by atoms with van der Waals surface area (Å²) in [5.41, 5.74) is 2.14. The smallest absolute Gasteiger partial charge is 0.241 e. The van der Waals surface area contributed by atoms with Crippen LogP contribution in [0.4, 0.5) is 14.6 Å². The predicted octanol–water partition coefficient (Wildman–Crippen LogP) is 4.88. The molecule has 0 aliphatic heterocycles. The lowest BCUT2D eigenvalue weighted by Crippen LogP contribution is -2.23. The average Bonchev–Trinajstić information content (AvgIpc) is 3.35. The van der Waals surface area contributed by atoms with Crippen LogP contribution in [0, 0.1) is 32.4 Å². The van der Waals surface area contributed by atoms with Crippen LogP contribution in [0.2, 0.25) is 0 Å². The van der Waals surface area contributed by atoms with Crippen molar-refractivity contribution in [1.82, 2.24) is 15.1 Å². The first kappa shape index (κ1) is 26.7. The van der Waals surface area contributed by atoms with Crippen molar-refractivity contribution in [3.63, 3.8) is 0 Å². The first-order chi connectivity index (χ1) is 16.1. The Hall–Kier alpha value is -3.60. The summed E-state index contributed by atoms with van der Waals surface area (Å²) < 4.78 is 56.7. The minimum Gasteiger partial charge on any atom is -0.361 e. The Kier molecular flexibility index (Phi) is 9.02. The molecule has 2 N–H and O–H groups in total. The number of nitrogens with one attached hydrogen (secondary N) is 2. The molecule has 0 fully saturated rings. The zero-order chi connectivity index (χ0) is 25.5. The number of benzene rings is 1. The molecule has 34 heavy (non-hydrogen) atoms. The highest BCUT2D eigenvalue weighted by atomic mass is 32.2. The van der Waals surface area contributed by atoms with Gasteiger partial charge in [-0.15, -0.1) is 0 Å². The molecule has 182 valence electrons. The molecule has 0 saturated carbocycles. The van der Waals surface area contributed by atoms with E-state index in [2.05, 4.69) is 20.4 Å². The molecule has 0 saturated heterocycles. The molecule has 0 radical (unpaired) electrons. The van der Waals surface area contributed by atoms with Gasteiger partial charge in [-0.25, -0.2) is 22.2 Å². The molecule has 0 spiro atoms. The first-order valence-electron chi connectivity index (χ1n) is 10.4. The van der Waals surface area contributed by atoms with Crippen LogP contribution in [-0.4, -0.2) is 35.2 Å². The Balaban J connectivity index is 0.000000343. The van der Waals surface area contributed by atoms with Gasteiger partial charge in [0.2, 0.25) is 5.91 Å². The summed E-state index contributed by atoms with van der Waals surface area (Å²) in [5.74, 6) is -2.44. The van der Waals surface area contributed by atoms with E-state index >= 15 is 0 Å². The van der Waals surface area contributed by atoms with Gasteiger partial charge in [0, 0.05) is 24.0 Å². The molecule has 3 aromatic heterocycles. The fourth-order valence-electron chi connectivity index (χ4n) is 2.79. The van der Waals surface area contributed by atoms with Crippen LogP contribution >= 0.6 is 0 Å². The van der Waals surface area contributed by atoms with Gasteiger partial charge in [0.25, 0.3) is 0 Å². The maximum absolute atomic E-state index is 13.9. The fraction of sp³-hybridized carbons (Fsp3) is 0.261. The van der Waals surface area contributed by atoms with Crippen LogP contribution in [0.3, 0.4) is 0 Å². The Labute approximate surface area is 196 Å². The minimum atomic E-state index is -4.13. The number of carbonyl (C=O) groups excluding carboxylic acids is 1. The van der Waals surface area contributed by atoms with Crippen LogP contribution in [-0.2, 0) is 14.6 Å². The molecule has 0 atom stereocenters. The standard InChI is InChI=1S/C15H11F2N3O3S.C6H9NO.C2H6/c16-9-5-10(17)15-11(6-9)19-7-12(15)24(22,23)8-14(21)20-13-3-1-2-4-18-13;1-4-5(2)7-8-6(4)3;1-2/h1-7,19H,8H2,(H,18,20,21);1-3H3;1-2H3. The van der Waals surface area contributed by atoms with Crippen molar-refractivity contribution in [2.45, 2.75) is 39.5 Å². The number of pyridine rings is 1. The van der Waals surface area contributed by atoms with Crippen LogP contribution in [0.15, 0.2) is 52.1 Å². The first-order valence-corrected chi connectivity index (χ1v) is 12.0. The van der Waals surface area contributed by atoms with E-state index < -0.39 is 38.0 Å². The van der Waals surface area contributed by atoms with Gasteiger partial charge >= 0.3 is 0 Å². The number of aromatic nitrogens is 3. The van der Waals surface area contributed by atoms with E-state index in [1.165, 1.54) is 12.3 Å². The number of halogens is 2. The number of H-pyrrole nitrogens is 1. The molecule has 8 nitrogen and oxygen atoms in total. The van der Waals surface area contributed by atoms with Crippen LogP contribution < -0.4 is 5.32 Å². The average molecular weight is 493 g/mol. The zero-order valence-electron chi connectivity index (χ0n) is 19.4. The monoisotopic (exact) mass is 492 g/mol. The highest BCUT2D eigenvalue weighted by Crippen LogP contribution is 2.27. The SMILES string of the molecule is CC.Cc1noc(C)c1C.O=C(CS(=O)(=O)c1c[nH]c2cc(F)cc(F)c12)Nc1ccccn1. The Morgan fingerprint density at radius 3 is 2.38 bits per heavy atom. The van der Waals surface area contributed by atoms with E-state index in [1.54, 1.807) is 12.1 Å². The second kappa shape index (κ2) is 11.5. The molecule has 4 aromatic rings. The molecular formula is C23H26F2N4O4S. The summed E-state index contributed by atoms with van der Waals surface area (Å²) >= 11 is 0. The van der Waals surface area contributed by atoms with Gasteiger partial charge in [-0.05, 0) is 39.0 Å². The molecule has 1 amide bonds. The quantitative estimate of drug-likeness (QED) is 0.419. The van der Waals surface area contributed by atoms with Crippen molar-refractivity contribution in [3.8, 4) is 0 Å². The van der Waals surface area contributed by atoms with E-state index in [4.69, 9.17) is 4.52 Å². The topological polar surface area (TPSA) is 118 Å². The molecule has 1 aromatic carbocycles. The van der Waals surface area contributed by atoms with E-state index in [0.29, 0.717) is 6.07 Å². The van der Waals surface area contributed by atoms with Gasteiger partial charge in [0.05, 0.1) is 21.5 Å². The van der Waals surface area contributed by atoms with Gasteiger partial charge in [0.1, 0.15) is 29.0 Å². The minimum absolute atomic E-state index is 0.00351. The summed E-state index contributed by atoms with van der Waals surface area (Å²) in [5, 5.41) is 5.80. The van der Waals surface area contributed by atoms with Crippen LogP contribution in [0.25, 0.3) is 10.9 Å². The molecule has 4 rings (SSSR count). The lowest BCUT2D eigenvalue weighted by atomic mass is 10.2. The van der Waals surface area contributed by atoms with Crippen molar-refractivity contribution >= 4 is 32.5 Å². The van der Waals surface area contributed by atoms with E-state index in [9.17, 15) is 22.0 Å². The van der Waals surface area contributed by atoms with Crippen LogP contribution in [0.5, 0.6) is 0 Å². The largest absolute Gasteiger partial charge is 0.361 e. The predicted molar refractivity (Wildman–Crippen MR) is 125 cm³/mol. The van der Waals surface area contributed by atoms with Crippen molar-refractivity contribution in [2.75, 3.05) is 11.1 Å². The number of nitrogens with zero attached hydrogens (tertiary/aromatic N) is 2. The molecule has 0 bridgehead atoms. The fourth-order valence-corrected chi connectivity index (χ4v) is 4.12. The highest BCUT2D eigenvalue weighted by Gasteiger charge is 2.25. The van der Waals surface area contributed by atoms with E-state index in [-0.39, 0.29) is 16.7 Å². The number of carbonyl (C=O) groups is 1. The molecule has 11 heteroatoms. The summed E-state index contributed by atoms with van der Waals surface area (Å²) in [6.45, 7) is 9.85. The third-order valence-corrected chi connectivity index (χ3v) is 6.27. The third kappa shape index (κ3) is 6.47. The number of hydrogen-bond acceptors (Lipinski definition) is 6. The Morgan fingerprint density at radius 2 is 1.85 bits per heavy atom. The number of hydrogen-bond donors (Lipinski definition) is 2. The maximum Gasteiger partial charge on any atom is 0.241 e. The van der Waals surface area contributed by atoms with Gasteiger partial charge < -0.3 is 14.8 Å². The zero-order valence-corrected chi connectivity index (χ0v) is 20.3. The van der Waals surface area contributed by atoms with Gasteiger partial charge in [-0.3, -0.25) is 4.79 Å². The summed E-state index contributed by atoms with van der Waals surface area (Å²) in [7, 11) is -4.13. The molecule has 0 unspecified atom stereocenters. The molecular weight excluding hydrogens is 466 g/mol. The van der Waals surface area contributed by atoms with E-state index in [0.717, 1.165) is 29.3 Å². The number of aryl methyl sites for hydroxylation is 2. The number of aromatic amines is 1. The number of amides is 1. The molecule has 0 aliphatic rings.